The lowest BCUT2D eigenvalue weighted by Gasteiger charge is -2.13. The van der Waals surface area contributed by atoms with Crippen molar-refractivity contribution in [2.75, 3.05) is 19.5 Å². The maximum atomic E-state index is 14.8. The molecule has 1 N–H and O–H groups in total. The number of rotatable bonds is 6. The van der Waals surface area contributed by atoms with Crippen molar-refractivity contribution in [3.63, 3.8) is 0 Å². The van der Waals surface area contributed by atoms with Gasteiger partial charge in [0.05, 0.1) is 25.8 Å². The van der Waals surface area contributed by atoms with Crippen molar-refractivity contribution < 1.29 is 27.9 Å². The van der Waals surface area contributed by atoms with E-state index in [0.29, 0.717) is 39.4 Å². The van der Waals surface area contributed by atoms with Crippen LogP contribution >= 0.6 is 0 Å². The van der Waals surface area contributed by atoms with Gasteiger partial charge in [0, 0.05) is 23.1 Å². The van der Waals surface area contributed by atoms with Gasteiger partial charge in [-0.25, -0.2) is 9.37 Å². The Bertz CT molecular complexity index is 1680. The molecule has 2 aromatic carbocycles. The van der Waals surface area contributed by atoms with Gasteiger partial charge >= 0.3 is 0 Å². The fourth-order valence-corrected chi connectivity index (χ4v) is 3.95. The van der Waals surface area contributed by atoms with Gasteiger partial charge in [-0.2, -0.15) is 4.98 Å². The third-order valence-electron chi connectivity index (χ3n) is 5.92. The summed E-state index contributed by atoms with van der Waals surface area (Å²) < 4.78 is 36.7. The average molecular weight is 517 g/mol. The molecular formula is C28H25FN4O5. The van der Waals surface area contributed by atoms with E-state index in [9.17, 15) is 9.18 Å². The van der Waals surface area contributed by atoms with Crippen molar-refractivity contribution in [3.8, 4) is 23.1 Å². The number of anilines is 1. The van der Waals surface area contributed by atoms with E-state index in [1.807, 2.05) is 26.8 Å². The number of nitrogens with one attached hydrogen (secondary N) is 1. The summed E-state index contributed by atoms with van der Waals surface area (Å²) in [5.41, 5.74) is 0.441. The first kappa shape index (κ1) is 24.9. The zero-order chi connectivity index (χ0) is 27.0. The highest BCUT2D eigenvalue weighted by atomic mass is 19.1. The van der Waals surface area contributed by atoms with Crippen LogP contribution in [0, 0.1) is 5.82 Å². The lowest BCUT2D eigenvalue weighted by atomic mass is 9.93. The molecule has 0 bridgehead atoms. The lowest BCUT2D eigenvalue weighted by Crippen LogP contribution is -2.13. The van der Waals surface area contributed by atoms with E-state index in [2.05, 4.69) is 20.4 Å². The van der Waals surface area contributed by atoms with E-state index in [1.165, 1.54) is 14.2 Å². The lowest BCUT2D eigenvalue weighted by molar-refractivity contribution is 0.102. The van der Waals surface area contributed by atoms with Crippen LogP contribution in [-0.4, -0.2) is 35.3 Å². The molecule has 0 spiro atoms. The number of methoxy groups -OCH3 is 2. The van der Waals surface area contributed by atoms with E-state index < -0.39 is 5.82 Å². The second-order valence-corrected chi connectivity index (χ2v) is 9.58. The van der Waals surface area contributed by atoms with Crippen molar-refractivity contribution in [2.45, 2.75) is 26.2 Å². The molecular weight excluding hydrogens is 491 g/mol. The third kappa shape index (κ3) is 4.68. The number of hydrogen-bond acceptors (Lipinski definition) is 8. The summed E-state index contributed by atoms with van der Waals surface area (Å²) in [6.45, 7) is 5.98. The van der Waals surface area contributed by atoms with Crippen LogP contribution in [0.4, 0.5) is 10.2 Å². The zero-order valence-electron chi connectivity index (χ0n) is 21.5. The van der Waals surface area contributed by atoms with Gasteiger partial charge in [0.25, 0.3) is 11.8 Å². The van der Waals surface area contributed by atoms with Gasteiger partial charge in [0.15, 0.2) is 28.8 Å². The second-order valence-electron chi connectivity index (χ2n) is 9.58. The molecule has 0 aliphatic rings. The number of carbonyl (C=O) groups is 1. The van der Waals surface area contributed by atoms with Crippen LogP contribution in [0.15, 0.2) is 59.3 Å². The summed E-state index contributed by atoms with van der Waals surface area (Å²) in [7, 11) is 2.91. The third-order valence-corrected chi connectivity index (χ3v) is 5.92. The molecule has 1 amide bonds. The molecule has 5 aromatic rings. The molecule has 0 fully saturated rings. The molecule has 0 aliphatic heterocycles. The van der Waals surface area contributed by atoms with E-state index in [1.54, 1.807) is 42.5 Å². The van der Waals surface area contributed by atoms with Gasteiger partial charge in [-0.3, -0.25) is 4.79 Å². The fourth-order valence-electron chi connectivity index (χ4n) is 3.95. The number of halogens is 1. The van der Waals surface area contributed by atoms with Crippen molar-refractivity contribution in [1.29, 1.82) is 0 Å². The quantitative estimate of drug-likeness (QED) is 0.281. The number of benzene rings is 2. The highest BCUT2D eigenvalue weighted by molar-refractivity contribution is 6.12. The Hall–Kier alpha value is -4.73. The molecule has 194 valence electrons. The Morgan fingerprint density at radius 1 is 1.03 bits per heavy atom. The van der Waals surface area contributed by atoms with Crippen LogP contribution in [0.5, 0.6) is 23.1 Å². The number of hydrogen-bond donors (Lipinski definition) is 1. The van der Waals surface area contributed by atoms with E-state index >= 15 is 0 Å². The molecule has 0 unspecified atom stereocenters. The topological polar surface area (TPSA) is 109 Å². The van der Waals surface area contributed by atoms with Crippen molar-refractivity contribution in [2.24, 2.45) is 0 Å². The Balaban J connectivity index is 1.46. The summed E-state index contributed by atoms with van der Waals surface area (Å²) in [5, 5.41) is 8.47. The molecule has 3 aromatic heterocycles. The molecule has 0 radical (unpaired) electrons. The highest BCUT2D eigenvalue weighted by Crippen LogP contribution is 2.37. The molecule has 9 nitrogen and oxygen atoms in total. The van der Waals surface area contributed by atoms with Crippen LogP contribution in [0.2, 0.25) is 0 Å². The van der Waals surface area contributed by atoms with Gasteiger partial charge in [0.2, 0.25) is 0 Å². The van der Waals surface area contributed by atoms with E-state index in [0.717, 1.165) is 11.6 Å². The normalized spacial score (nSPS) is 11.5. The van der Waals surface area contributed by atoms with Crippen LogP contribution in [0.3, 0.4) is 0 Å². The second kappa shape index (κ2) is 9.62. The molecule has 3 heterocycles. The Morgan fingerprint density at radius 3 is 2.55 bits per heavy atom. The summed E-state index contributed by atoms with van der Waals surface area (Å²) in [4.78, 5) is 21.4. The number of fused-ring (bicyclic) bond motifs is 2. The van der Waals surface area contributed by atoms with Gasteiger partial charge < -0.3 is 24.1 Å². The molecule has 0 saturated heterocycles. The van der Waals surface area contributed by atoms with Crippen molar-refractivity contribution in [3.05, 3.63) is 71.9 Å². The number of carbonyl (C=O) groups excluding carboxylic acids is 1. The predicted octanol–water partition coefficient (Wildman–Crippen LogP) is 6.27. The number of amides is 1. The Labute approximate surface area is 217 Å². The van der Waals surface area contributed by atoms with Gasteiger partial charge in [-0.05, 0) is 35.0 Å². The molecule has 0 atom stereocenters. The number of nitrogens with zero attached hydrogens (tertiary/aromatic N) is 3. The SMILES string of the molecule is COc1cc2c(Oc3ccc4c(C(=O)Nc5cc(C(C)(C)C)on5)cccc4c3)c(F)cnc2nc1OC. The molecule has 5 rings (SSSR count). The Morgan fingerprint density at radius 2 is 1.84 bits per heavy atom. The van der Waals surface area contributed by atoms with Crippen LogP contribution in [0.25, 0.3) is 21.8 Å². The minimum absolute atomic E-state index is 0.0580. The standard InChI is InChI=1S/C28H25FN4O5/c1-28(2,3)22-13-23(33-38-22)31-26(34)18-8-6-7-15-11-16(9-10-17(15)18)37-24-19-12-21(35-4)27(36-5)32-25(19)30-14-20(24)29/h6-14H,1-5H3,(H,31,33,34). The summed E-state index contributed by atoms with van der Waals surface area (Å²) in [6.07, 6.45) is 1.04. The van der Waals surface area contributed by atoms with Gasteiger partial charge in [-0.15, -0.1) is 0 Å². The van der Waals surface area contributed by atoms with Crippen molar-refractivity contribution in [1.82, 2.24) is 15.1 Å². The Kier molecular flexibility index (Phi) is 6.31. The first-order valence-corrected chi connectivity index (χ1v) is 11.7. The molecule has 38 heavy (non-hydrogen) atoms. The minimum Gasteiger partial charge on any atom is -0.491 e. The maximum Gasteiger partial charge on any atom is 0.258 e. The van der Waals surface area contributed by atoms with Crippen molar-refractivity contribution >= 4 is 33.5 Å². The average Bonchev–Trinajstić information content (AvgIpc) is 3.38. The van der Waals surface area contributed by atoms with Crippen LogP contribution in [0.1, 0.15) is 36.9 Å². The molecule has 0 aliphatic carbocycles. The maximum absolute atomic E-state index is 14.8. The summed E-state index contributed by atoms with van der Waals surface area (Å²) >= 11 is 0. The zero-order valence-corrected chi connectivity index (χ0v) is 21.5. The highest BCUT2D eigenvalue weighted by Gasteiger charge is 2.21. The fraction of sp³-hybridized carbons (Fsp3) is 0.214. The first-order valence-electron chi connectivity index (χ1n) is 11.7. The predicted molar refractivity (Wildman–Crippen MR) is 140 cm³/mol. The van der Waals surface area contributed by atoms with E-state index in [4.69, 9.17) is 18.7 Å². The summed E-state index contributed by atoms with van der Waals surface area (Å²) in [6, 6.07) is 13.7. The smallest absolute Gasteiger partial charge is 0.258 e. The van der Waals surface area contributed by atoms with Crippen LogP contribution < -0.4 is 19.5 Å². The number of ether oxygens (including phenoxy) is 3. The van der Waals surface area contributed by atoms with Gasteiger partial charge in [0.1, 0.15) is 11.5 Å². The molecule has 10 heteroatoms. The molecule has 0 saturated carbocycles. The van der Waals surface area contributed by atoms with Gasteiger partial charge in [-0.1, -0.05) is 38.1 Å². The largest absolute Gasteiger partial charge is 0.491 e. The number of pyridine rings is 2. The first-order chi connectivity index (χ1) is 18.2. The minimum atomic E-state index is -0.665. The summed E-state index contributed by atoms with van der Waals surface area (Å²) in [5.74, 6) is 0.834. The number of aromatic nitrogens is 3. The van der Waals surface area contributed by atoms with E-state index in [-0.39, 0.29) is 28.6 Å². The van der Waals surface area contributed by atoms with Crippen LogP contribution in [-0.2, 0) is 5.41 Å². The monoisotopic (exact) mass is 516 g/mol.